The third-order valence-corrected chi connectivity index (χ3v) is 6.70. The lowest BCUT2D eigenvalue weighted by molar-refractivity contribution is 0.552. The highest BCUT2D eigenvalue weighted by atomic mass is 79.9. The molecule has 0 amide bonds. The van der Waals surface area contributed by atoms with Gasteiger partial charge in [-0.1, -0.05) is 28.9 Å². The van der Waals surface area contributed by atoms with E-state index in [1.54, 1.807) is 29.5 Å². The van der Waals surface area contributed by atoms with Crippen LogP contribution < -0.4 is 4.72 Å². The topological polar surface area (TPSA) is 46.2 Å². The maximum Gasteiger partial charge on any atom is 0.242 e. The van der Waals surface area contributed by atoms with Crippen LogP contribution in [0.1, 0.15) is 24.3 Å². The highest BCUT2D eigenvalue weighted by Gasteiger charge is 2.22. The monoisotopic (exact) mass is 437 g/mol. The molecule has 1 unspecified atom stereocenters. The Morgan fingerprint density at radius 1 is 1.30 bits per heavy atom. The van der Waals surface area contributed by atoms with Gasteiger partial charge in [0.2, 0.25) is 10.0 Å². The largest absolute Gasteiger partial charge is 0.242 e. The van der Waals surface area contributed by atoms with Gasteiger partial charge >= 0.3 is 0 Å². The van der Waals surface area contributed by atoms with Crippen LogP contribution in [0.4, 0.5) is 0 Å². The second-order valence-corrected chi connectivity index (χ2v) is 8.60. The molecular weight excluding hydrogens is 426 g/mol. The van der Waals surface area contributed by atoms with E-state index in [1.807, 2.05) is 24.4 Å². The number of thiophene rings is 1. The van der Waals surface area contributed by atoms with Gasteiger partial charge in [0.05, 0.1) is 10.9 Å². The minimum Gasteiger partial charge on any atom is -0.207 e. The molecule has 2 aromatic rings. The van der Waals surface area contributed by atoms with Crippen molar-refractivity contribution in [3.8, 4) is 0 Å². The van der Waals surface area contributed by atoms with Crippen LogP contribution in [0.3, 0.4) is 0 Å². The molecule has 108 valence electrons. The summed E-state index contributed by atoms with van der Waals surface area (Å²) in [6.07, 6.45) is 0.702. The van der Waals surface area contributed by atoms with Gasteiger partial charge in [0, 0.05) is 13.8 Å². The van der Waals surface area contributed by atoms with Crippen molar-refractivity contribution in [1.29, 1.82) is 0 Å². The van der Waals surface area contributed by atoms with Crippen molar-refractivity contribution in [1.82, 2.24) is 4.72 Å². The first-order valence-corrected chi connectivity index (χ1v) is 9.89. The Morgan fingerprint density at radius 3 is 2.60 bits per heavy atom. The third kappa shape index (κ3) is 3.71. The predicted molar refractivity (Wildman–Crippen MR) is 89.5 cm³/mol. The number of rotatable bonds is 5. The summed E-state index contributed by atoms with van der Waals surface area (Å²) in [5.41, 5.74) is 0. The molecule has 0 aliphatic rings. The molecule has 0 spiro atoms. The van der Waals surface area contributed by atoms with E-state index in [0.29, 0.717) is 10.9 Å². The van der Waals surface area contributed by atoms with E-state index < -0.39 is 10.0 Å². The van der Waals surface area contributed by atoms with E-state index in [-0.39, 0.29) is 10.9 Å². The fraction of sp³-hybridized carbons (Fsp3) is 0.231. The van der Waals surface area contributed by atoms with Crippen molar-refractivity contribution in [3.05, 3.63) is 49.5 Å². The van der Waals surface area contributed by atoms with Gasteiger partial charge in [0.15, 0.2) is 0 Å². The van der Waals surface area contributed by atoms with Crippen LogP contribution in [0.2, 0.25) is 0 Å². The number of benzene rings is 1. The molecular formula is C13H13Br2NO2S2. The van der Waals surface area contributed by atoms with Crippen molar-refractivity contribution < 1.29 is 8.42 Å². The number of nitrogens with one attached hydrogen (secondary N) is 1. The van der Waals surface area contributed by atoms with E-state index in [4.69, 9.17) is 0 Å². The molecule has 2 rings (SSSR count). The standard InChI is InChI=1S/C13H13Br2NO2S2/c1-2-11(12-4-3-7-19-12)16-20(17,18)13-6-5-9(14)8-10(13)15/h3-8,11,16H,2H2,1H3. The van der Waals surface area contributed by atoms with Crippen molar-refractivity contribution in [2.75, 3.05) is 0 Å². The Hall–Kier alpha value is -0.210. The molecule has 0 aliphatic carbocycles. The number of sulfonamides is 1. The van der Waals surface area contributed by atoms with Crippen LogP contribution in [0.5, 0.6) is 0 Å². The Morgan fingerprint density at radius 2 is 2.05 bits per heavy atom. The molecule has 0 saturated carbocycles. The zero-order valence-corrected chi connectivity index (χ0v) is 15.4. The Balaban J connectivity index is 2.31. The molecule has 0 radical (unpaired) electrons. The van der Waals surface area contributed by atoms with E-state index in [2.05, 4.69) is 36.6 Å². The predicted octanol–water partition coefficient (Wildman–Crippen LogP) is 4.70. The van der Waals surface area contributed by atoms with Crippen molar-refractivity contribution in [3.63, 3.8) is 0 Å². The Labute approximate surface area is 139 Å². The first-order valence-electron chi connectivity index (χ1n) is 5.95. The van der Waals surface area contributed by atoms with Crippen LogP contribution in [-0.4, -0.2) is 8.42 Å². The van der Waals surface area contributed by atoms with E-state index in [0.717, 1.165) is 9.35 Å². The summed E-state index contributed by atoms with van der Waals surface area (Å²) >= 11 is 8.16. The second kappa shape index (κ2) is 6.70. The molecule has 0 fully saturated rings. The summed E-state index contributed by atoms with van der Waals surface area (Å²) in [7, 11) is -3.56. The van der Waals surface area contributed by atoms with E-state index >= 15 is 0 Å². The summed E-state index contributed by atoms with van der Waals surface area (Å²) in [4.78, 5) is 1.26. The zero-order chi connectivity index (χ0) is 14.8. The summed E-state index contributed by atoms with van der Waals surface area (Å²) in [5, 5.41) is 1.95. The van der Waals surface area contributed by atoms with Gasteiger partial charge in [0.25, 0.3) is 0 Å². The second-order valence-electron chi connectivity index (χ2n) is 4.17. The van der Waals surface area contributed by atoms with Crippen LogP contribution in [-0.2, 0) is 10.0 Å². The van der Waals surface area contributed by atoms with Crippen LogP contribution >= 0.6 is 43.2 Å². The fourth-order valence-electron chi connectivity index (χ4n) is 1.78. The molecule has 20 heavy (non-hydrogen) atoms. The summed E-state index contributed by atoms with van der Waals surface area (Å²) in [6.45, 7) is 1.96. The molecule has 0 bridgehead atoms. The maximum absolute atomic E-state index is 12.5. The first-order chi connectivity index (χ1) is 9.44. The third-order valence-electron chi connectivity index (χ3n) is 2.78. The lowest BCUT2D eigenvalue weighted by Gasteiger charge is -2.16. The average molecular weight is 439 g/mol. The molecule has 0 aliphatic heterocycles. The molecule has 1 atom stereocenters. The fourth-order valence-corrected chi connectivity index (χ4v) is 5.76. The van der Waals surface area contributed by atoms with Crippen LogP contribution in [0.25, 0.3) is 0 Å². The van der Waals surface area contributed by atoms with E-state index in [9.17, 15) is 8.42 Å². The molecule has 3 nitrogen and oxygen atoms in total. The molecule has 0 saturated heterocycles. The Bertz CT molecular complexity index is 684. The first kappa shape index (κ1) is 16.2. The lowest BCUT2D eigenvalue weighted by atomic mass is 10.2. The van der Waals surface area contributed by atoms with Crippen LogP contribution in [0.15, 0.2) is 49.6 Å². The number of hydrogen-bond acceptors (Lipinski definition) is 3. The highest BCUT2D eigenvalue weighted by molar-refractivity contribution is 9.11. The van der Waals surface area contributed by atoms with Crippen molar-refractivity contribution in [2.24, 2.45) is 0 Å². The van der Waals surface area contributed by atoms with Gasteiger partial charge in [0.1, 0.15) is 0 Å². The number of hydrogen-bond donors (Lipinski definition) is 1. The Kier molecular flexibility index (Phi) is 5.42. The van der Waals surface area contributed by atoms with Gasteiger partial charge in [-0.2, -0.15) is 0 Å². The lowest BCUT2D eigenvalue weighted by Crippen LogP contribution is -2.28. The van der Waals surface area contributed by atoms with Crippen molar-refractivity contribution >= 4 is 53.2 Å². The van der Waals surface area contributed by atoms with Gasteiger partial charge < -0.3 is 0 Å². The van der Waals surface area contributed by atoms with Gasteiger partial charge in [-0.3, -0.25) is 0 Å². The molecule has 7 heteroatoms. The minimum absolute atomic E-state index is 0.199. The average Bonchev–Trinajstić information content (AvgIpc) is 2.89. The SMILES string of the molecule is CCC(NS(=O)(=O)c1ccc(Br)cc1Br)c1cccs1. The summed E-state index contributed by atoms with van der Waals surface area (Å²) < 4.78 is 29.1. The normalized spacial score (nSPS) is 13.3. The smallest absolute Gasteiger partial charge is 0.207 e. The van der Waals surface area contributed by atoms with Gasteiger partial charge in [-0.05, 0) is 52.0 Å². The van der Waals surface area contributed by atoms with Crippen molar-refractivity contribution in [2.45, 2.75) is 24.3 Å². The van der Waals surface area contributed by atoms with E-state index in [1.165, 1.54) is 0 Å². The highest BCUT2D eigenvalue weighted by Crippen LogP contribution is 2.28. The van der Waals surface area contributed by atoms with Crippen LogP contribution in [0, 0.1) is 0 Å². The molecule has 1 aromatic carbocycles. The maximum atomic E-state index is 12.5. The minimum atomic E-state index is -3.56. The molecule has 1 aromatic heterocycles. The molecule has 1 N–H and O–H groups in total. The molecule has 1 heterocycles. The quantitative estimate of drug-likeness (QED) is 0.734. The summed E-state index contributed by atoms with van der Waals surface area (Å²) in [6, 6.07) is 8.68. The summed E-state index contributed by atoms with van der Waals surface area (Å²) in [5.74, 6) is 0. The number of halogens is 2. The van der Waals surface area contributed by atoms with Gasteiger partial charge in [-0.25, -0.2) is 13.1 Å². The zero-order valence-electron chi connectivity index (χ0n) is 10.6. The van der Waals surface area contributed by atoms with Gasteiger partial charge in [-0.15, -0.1) is 11.3 Å².